The molecule has 1 aliphatic rings. The number of aryl methyl sites for hydroxylation is 1. The molecular weight excluding hydrogens is 282 g/mol. The second-order valence-corrected chi connectivity index (χ2v) is 5.99. The van der Waals surface area contributed by atoms with Gasteiger partial charge in [0.15, 0.2) is 0 Å². The average Bonchev–Trinajstić information content (AvgIpc) is 2.49. The number of rotatable bonds is 4. The van der Waals surface area contributed by atoms with Crippen LogP contribution in [0.1, 0.15) is 23.2 Å². The Kier molecular flexibility index (Phi) is 5.37. The number of amides is 1. The number of aliphatic hydroxyl groups is 1. The minimum Gasteiger partial charge on any atom is -0.496 e. The van der Waals surface area contributed by atoms with E-state index in [0.29, 0.717) is 19.5 Å². The van der Waals surface area contributed by atoms with Crippen LogP contribution in [0.25, 0.3) is 0 Å². The van der Waals surface area contributed by atoms with Crippen LogP contribution in [0.5, 0.6) is 5.75 Å². The highest BCUT2D eigenvalue weighted by molar-refractivity contribution is 5.79. The van der Waals surface area contributed by atoms with Crippen molar-refractivity contribution in [1.82, 2.24) is 15.2 Å². The molecule has 0 unspecified atom stereocenters. The van der Waals surface area contributed by atoms with Crippen LogP contribution in [-0.4, -0.2) is 54.2 Å². The molecule has 0 spiro atoms. The summed E-state index contributed by atoms with van der Waals surface area (Å²) in [4.78, 5) is 18.7. The van der Waals surface area contributed by atoms with Crippen LogP contribution in [-0.2, 0) is 11.3 Å². The van der Waals surface area contributed by atoms with Crippen molar-refractivity contribution in [3.8, 4) is 5.75 Å². The molecule has 6 heteroatoms. The molecule has 1 fully saturated rings. The molecule has 0 aromatic carbocycles. The van der Waals surface area contributed by atoms with E-state index in [2.05, 4.69) is 15.2 Å². The van der Waals surface area contributed by atoms with Crippen molar-refractivity contribution in [2.24, 2.45) is 5.92 Å². The van der Waals surface area contributed by atoms with Crippen molar-refractivity contribution >= 4 is 5.91 Å². The Balaban J connectivity index is 2.02. The number of likely N-dealkylation sites (tertiary alicyclic amines) is 1. The summed E-state index contributed by atoms with van der Waals surface area (Å²) in [5.74, 6) is 0.294. The Morgan fingerprint density at radius 2 is 2.27 bits per heavy atom. The topological polar surface area (TPSA) is 74.7 Å². The number of methoxy groups -OCH3 is 1. The Labute approximate surface area is 131 Å². The number of hydrogen-bond donors (Lipinski definition) is 2. The molecule has 1 aliphatic heterocycles. The lowest BCUT2D eigenvalue weighted by Crippen LogP contribution is -2.48. The fraction of sp³-hybridized carbons (Fsp3) is 0.625. The van der Waals surface area contributed by atoms with Gasteiger partial charge in [0.1, 0.15) is 5.75 Å². The zero-order valence-electron chi connectivity index (χ0n) is 13.7. The largest absolute Gasteiger partial charge is 0.496 e. The summed E-state index contributed by atoms with van der Waals surface area (Å²) in [6, 6.07) is 0. The molecule has 0 aliphatic carbocycles. The molecule has 1 aromatic heterocycles. The molecule has 6 nitrogen and oxygen atoms in total. The van der Waals surface area contributed by atoms with Crippen molar-refractivity contribution < 1.29 is 14.6 Å². The number of carbonyl (C=O) groups excluding carboxylic acids is 1. The molecule has 22 heavy (non-hydrogen) atoms. The van der Waals surface area contributed by atoms with Gasteiger partial charge in [-0.25, -0.2) is 0 Å². The monoisotopic (exact) mass is 307 g/mol. The van der Waals surface area contributed by atoms with E-state index in [1.807, 2.05) is 20.9 Å². The van der Waals surface area contributed by atoms with Crippen LogP contribution in [0.4, 0.5) is 0 Å². The van der Waals surface area contributed by atoms with Gasteiger partial charge < -0.3 is 20.1 Å². The Morgan fingerprint density at radius 1 is 1.55 bits per heavy atom. The maximum atomic E-state index is 12.3. The van der Waals surface area contributed by atoms with Gasteiger partial charge in [-0.2, -0.15) is 0 Å². The second-order valence-electron chi connectivity index (χ2n) is 5.99. The van der Waals surface area contributed by atoms with E-state index in [0.717, 1.165) is 29.1 Å². The predicted octanol–water partition coefficient (Wildman–Crippen LogP) is 0.636. The molecule has 2 atom stereocenters. The SMILES string of the molecule is COc1c(C)cnc(CNC(=O)[C@@H]2CN(C)CC[C@@H]2O)c1C. The maximum absolute atomic E-state index is 12.3. The number of piperidine rings is 1. The van der Waals surface area contributed by atoms with Crippen molar-refractivity contribution in [2.75, 3.05) is 27.2 Å². The van der Waals surface area contributed by atoms with Gasteiger partial charge >= 0.3 is 0 Å². The van der Waals surface area contributed by atoms with Gasteiger partial charge in [-0.3, -0.25) is 9.78 Å². The minimum atomic E-state index is -0.571. The lowest BCUT2D eigenvalue weighted by atomic mass is 9.94. The fourth-order valence-electron chi connectivity index (χ4n) is 2.91. The molecule has 122 valence electrons. The normalized spacial score (nSPS) is 22.4. The van der Waals surface area contributed by atoms with Crippen LogP contribution in [0.3, 0.4) is 0 Å². The van der Waals surface area contributed by atoms with Crippen molar-refractivity contribution in [2.45, 2.75) is 32.9 Å². The third kappa shape index (κ3) is 3.56. The molecule has 1 saturated heterocycles. The summed E-state index contributed by atoms with van der Waals surface area (Å²) in [5.41, 5.74) is 2.69. The molecule has 1 aromatic rings. The predicted molar refractivity (Wildman–Crippen MR) is 83.7 cm³/mol. The molecule has 1 amide bonds. The van der Waals surface area contributed by atoms with Gasteiger partial charge in [0.25, 0.3) is 0 Å². The Hall–Kier alpha value is -1.66. The van der Waals surface area contributed by atoms with Gasteiger partial charge in [0.05, 0.1) is 31.4 Å². The van der Waals surface area contributed by atoms with Gasteiger partial charge in [0.2, 0.25) is 5.91 Å². The number of carbonyl (C=O) groups is 1. The highest BCUT2D eigenvalue weighted by Gasteiger charge is 2.31. The number of nitrogens with one attached hydrogen (secondary N) is 1. The third-order valence-corrected chi connectivity index (χ3v) is 4.30. The smallest absolute Gasteiger partial charge is 0.227 e. The first-order valence-corrected chi connectivity index (χ1v) is 7.57. The average molecular weight is 307 g/mol. The number of aliphatic hydroxyl groups excluding tert-OH is 1. The molecule has 2 N–H and O–H groups in total. The molecule has 0 radical (unpaired) electrons. The molecule has 0 bridgehead atoms. The minimum absolute atomic E-state index is 0.125. The number of ether oxygens (including phenoxy) is 1. The van der Waals surface area contributed by atoms with Crippen LogP contribution in [0.2, 0.25) is 0 Å². The Morgan fingerprint density at radius 3 is 2.95 bits per heavy atom. The van der Waals surface area contributed by atoms with E-state index in [4.69, 9.17) is 4.74 Å². The van der Waals surface area contributed by atoms with Crippen LogP contribution in [0, 0.1) is 19.8 Å². The molecule has 2 rings (SSSR count). The summed E-state index contributed by atoms with van der Waals surface area (Å²) in [6.45, 7) is 5.62. The van der Waals surface area contributed by atoms with Crippen molar-refractivity contribution in [1.29, 1.82) is 0 Å². The lowest BCUT2D eigenvalue weighted by Gasteiger charge is -2.32. The number of aromatic nitrogens is 1. The number of nitrogens with zero attached hydrogens (tertiary/aromatic N) is 2. The lowest BCUT2D eigenvalue weighted by molar-refractivity contribution is -0.131. The summed E-state index contributed by atoms with van der Waals surface area (Å²) in [7, 11) is 3.59. The number of pyridine rings is 1. The summed E-state index contributed by atoms with van der Waals surface area (Å²) in [5, 5.41) is 12.9. The van der Waals surface area contributed by atoms with E-state index in [1.54, 1.807) is 13.3 Å². The number of hydrogen-bond acceptors (Lipinski definition) is 5. The first-order valence-electron chi connectivity index (χ1n) is 7.57. The standard InChI is InChI=1S/C16H25N3O3/c1-10-7-17-13(11(2)15(10)22-4)8-18-16(21)12-9-19(3)6-5-14(12)20/h7,12,14,20H,5-6,8-9H2,1-4H3,(H,18,21)/t12-,14+/m1/s1. The van der Waals surface area contributed by atoms with Crippen molar-refractivity contribution in [3.05, 3.63) is 23.0 Å². The third-order valence-electron chi connectivity index (χ3n) is 4.30. The first kappa shape index (κ1) is 16.7. The zero-order chi connectivity index (χ0) is 16.3. The zero-order valence-corrected chi connectivity index (χ0v) is 13.7. The second kappa shape index (κ2) is 7.07. The van der Waals surface area contributed by atoms with E-state index < -0.39 is 6.10 Å². The fourth-order valence-corrected chi connectivity index (χ4v) is 2.91. The van der Waals surface area contributed by atoms with Gasteiger partial charge in [-0.1, -0.05) is 0 Å². The Bertz CT molecular complexity index is 548. The van der Waals surface area contributed by atoms with Gasteiger partial charge in [-0.05, 0) is 27.3 Å². The van der Waals surface area contributed by atoms with Crippen LogP contribution < -0.4 is 10.1 Å². The van der Waals surface area contributed by atoms with E-state index in [9.17, 15) is 9.90 Å². The molecular formula is C16H25N3O3. The summed E-state index contributed by atoms with van der Waals surface area (Å²) >= 11 is 0. The van der Waals surface area contributed by atoms with E-state index >= 15 is 0 Å². The van der Waals surface area contributed by atoms with Crippen LogP contribution >= 0.6 is 0 Å². The van der Waals surface area contributed by atoms with Gasteiger partial charge in [0, 0.05) is 30.4 Å². The summed E-state index contributed by atoms with van der Waals surface area (Å²) in [6.07, 6.45) is 1.80. The van der Waals surface area contributed by atoms with Crippen LogP contribution in [0.15, 0.2) is 6.20 Å². The quantitative estimate of drug-likeness (QED) is 0.854. The van der Waals surface area contributed by atoms with Crippen molar-refractivity contribution in [3.63, 3.8) is 0 Å². The van der Waals surface area contributed by atoms with Gasteiger partial charge in [-0.15, -0.1) is 0 Å². The highest BCUT2D eigenvalue weighted by Crippen LogP contribution is 2.24. The molecule has 2 heterocycles. The van der Waals surface area contributed by atoms with E-state index in [1.165, 1.54) is 0 Å². The maximum Gasteiger partial charge on any atom is 0.227 e. The first-order chi connectivity index (χ1) is 10.4. The molecule has 0 saturated carbocycles. The highest BCUT2D eigenvalue weighted by atomic mass is 16.5. The van der Waals surface area contributed by atoms with E-state index in [-0.39, 0.29) is 11.8 Å². The summed E-state index contributed by atoms with van der Waals surface area (Å²) < 4.78 is 5.37.